The van der Waals surface area contributed by atoms with E-state index in [2.05, 4.69) is 43.3 Å². The van der Waals surface area contributed by atoms with E-state index in [9.17, 15) is 13.2 Å². The van der Waals surface area contributed by atoms with Crippen LogP contribution in [0.5, 0.6) is 5.75 Å². The average molecular weight is 509 g/mol. The van der Waals surface area contributed by atoms with Crippen LogP contribution in [0.15, 0.2) is 77.7 Å². The van der Waals surface area contributed by atoms with Gasteiger partial charge in [-0.2, -0.15) is 8.42 Å². The summed E-state index contributed by atoms with van der Waals surface area (Å²) in [6.45, 7) is 3.36. The highest BCUT2D eigenvalue weighted by molar-refractivity contribution is 7.85. The molecule has 0 atom stereocenters. The molecule has 36 heavy (non-hydrogen) atoms. The molecule has 4 rings (SSSR count). The van der Waals surface area contributed by atoms with Crippen molar-refractivity contribution in [1.82, 2.24) is 4.90 Å². The lowest BCUT2D eigenvalue weighted by Gasteiger charge is -2.13. The number of benzene rings is 3. The normalized spacial score (nSPS) is 13.6. The van der Waals surface area contributed by atoms with Gasteiger partial charge in [0.25, 0.3) is 10.1 Å². The number of rotatable bonds is 6. The molecule has 0 saturated heterocycles. The van der Waals surface area contributed by atoms with Crippen molar-refractivity contribution in [3.63, 3.8) is 0 Å². The number of primary amides is 1. The number of fused-ring (bicyclic) bond motifs is 2. The smallest absolute Gasteiger partial charge is 0.294 e. The van der Waals surface area contributed by atoms with Gasteiger partial charge < -0.3 is 15.4 Å². The molecule has 1 amide bonds. The Labute approximate surface area is 213 Å². The molecule has 8 heteroatoms. The number of aryl methyl sites for hydroxylation is 1. The van der Waals surface area contributed by atoms with Crippen LogP contribution in [0.25, 0.3) is 5.57 Å². The largest absolute Gasteiger partial charge is 0.488 e. The van der Waals surface area contributed by atoms with Crippen LogP contribution in [0.2, 0.25) is 0 Å². The second kappa shape index (κ2) is 12.0. The number of amides is 1. The van der Waals surface area contributed by atoms with Gasteiger partial charge in [0, 0.05) is 12.1 Å². The number of carbonyl (C=O) groups is 1. The van der Waals surface area contributed by atoms with E-state index in [0.29, 0.717) is 6.61 Å². The van der Waals surface area contributed by atoms with Gasteiger partial charge in [0.2, 0.25) is 5.91 Å². The number of nitrogens with zero attached hydrogens (tertiary/aromatic N) is 1. The number of ether oxygens (including phenoxy) is 1. The van der Waals surface area contributed by atoms with Crippen molar-refractivity contribution >= 4 is 21.6 Å². The van der Waals surface area contributed by atoms with Crippen molar-refractivity contribution in [2.24, 2.45) is 5.73 Å². The summed E-state index contributed by atoms with van der Waals surface area (Å²) in [5.74, 6) is 0.522. The van der Waals surface area contributed by atoms with Gasteiger partial charge in [0.15, 0.2) is 0 Å². The Kier molecular flexibility index (Phi) is 9.03. The van der Waals surface area contributed by atoms with Gasteiger partial charge in [-0.15, -0.1) is 0 Å². The number of carbonyl (C=O) groups excluding carboxylic acids is 1. The molecular formula is C28H32N2O5S. The fraction of sp³-hybridized carbons (Fsp3) is 0.250. The van der Waals surface area contributed by atoms with Crippen LogP contribution in [0, 0.1) is 6.92 Å². The summed E-state index contributed by atoms with van der Waals surface area (Å²) in [6.07, 6.45) is 3.44. The van der Waals surface area contributed by atoms with Gasteiger partial charge in [-0.05, 0) is 74.0 Å². The summed E-state index contributed by atoms with van der Waals surface area (Å²) in [7, 11) is 0.122. The minimum atomic E-state index is -4.02. The van der Waals surface area contributed by atoms with Crippen LogP contribution < -0.4 is 10.5 Å². The van der Waals surface area contributed by atoms with Crippen LogP contribution in [-0.2, 0) is 27.9 Å². The molecule has 0 radical (unpaired) electrons. The molecule has 0 fully saturated rings. The third-order valence-corrected chi connectivity index (χ3v) is 6.51. The maximum absolute atomic E-state index is 11.3. The molecule has 7 nitrogen and oxygen atoms in total. The van der Waals surface area contributed by atoms with Gasteiger partial charge in [-0.25, -0.2) is 0 Å². The van der Waals surface area contributed by atoms with Gasteiger partial charge in [-0.3, -0.25) is 9.35 Å². The van der Waals surface area contributed by atoms with Crippen LogP contribution in [0.4, 0.5) is 0 Å². The highest BCUT2D eigenvalue weighted by atomic mass is 32.2. The zero-order valence-electron chi connectivity index (χ0n) is 20.8. The summed E-state index contributed by atoms with van der Waals surface area (Å²) in [6, 6.07) is 20.2. The summed E-state index contributed by atoms with van der Waals surface area (Å²) in [5.41, 5.74) is 11.8. The van der Waals surface area contributed by atoms with Crippen LogP contribution in [0.3, 0.4) is 0 Å². The van der Waals surface area contributed by atoms with Crippen LogP contribution in [0.1, 0.15) is 34.2 Å². The van der Waals surface area contributed by atoms with Gasteiger partial charge in [0.1, 0.15) is 12.4 Å². The van der Waals surface area contributed by atoms with Crippen molar-refractivity contribution < 1.29 is 22.5 Å². The summed E-state index contributed by atoms with van der Waals surface area (Å²) in [5, 5.41) is 0. The lowest BCUT2D eigenvalue weighted by atomic mass is 9.92. The van der Waals surface area contributed by atoms with Crippen molar-refractivity contribution in [2.45, 2.75) is 31.3 Å². The molecule has 1 aliphatic rings. The number of hydrogen-bond acceptors (Lipinski definition) is 5. The van der Waals surface area contributed by atoms with Crippen LogP contribution >= 0.6 is 0 Å². The van der Waals surface area contributed by atoms with E-state index in [0.717, 1.165) is 41.0 Å². The number of nitrogens with two attached hydrogens (primary N) is 1. The minimum Gasteiger partial charge on any atom is -0.488 e. The SMILES string of the molecule is CN(C)CC/C=C1/c2ccccc2COc2ccc(CC(N)=O)cc21.Cc1ccc(S(=O)(=O)O)cc1. The molecular weight excluding hydrogens is 476 g/mol. The van der Waals surface area contributed by atoms with E-state index in [1.807, 2.05) is 31.2 Å². The number of hydrogen-bond donors (Lipinski definition) is 2. The molecule has 1 aliphatic heterocycles. The van der Waals surface area contributed by atoms with E-state index in [4.69, 9.17) is 15.0 Å². The first-order chi connectivity index (χ1) is 17.0. The molecule has 3 aromatic rings. The van der Waals surface area contributed by atoms with Crippen molar-refractivity contribution in [1.29, 1.82) is 0 Å². The molecule has 0 unspecified atom stereocenters. The fourth-order valence-corrected chi connectivity index (χ4v) is 4.31. The molecule has 0 aliphatic carbocycles. The molecule has 0 bridgehead atoms. The summed E-state index contributed by atoms with van der Waals surface area (Å²) in [4.78, 5) is 13.4. The predicted octanol–water partition coefficient (Wildman–Crippen LogP) is 4.23. The highest BCUT2D eigenvalue weighted by Gasteiger charge is 2.19. The summed E-state index contributed by atoms with van der Waals surface area (Å²) >= 11 is 0. The van der Waals surface area contributed by atoms with Gasteiger partial charge in [-0.1, -0.05) is 54.1 Å². The zero-order valence-corrected chi connectivity index (χ0v) is 21.6. The van der Waals surface area contributed by atoms with Crippen molar-refractivity contribution in [3.8, 4) is 5.75 Å². The molecule has 0 spiro atoms. The van der Waals surface area contributed by atoms with Gasteiger partial charge in [0.05, 0.1) is 11.3 Å². The molecule has 0 aromatic heterocycles. The Balaban J connectivity index is 0.000000275. The lowest BCUT2D eigenvalue weighted by molar-refractivity contribution is -0.117. The third-order valence-electron chi connectivity index (χ3n) is 5.65. The van der Waals surface area contributed by atoms with E-state index in [1.54, 1.807) is 12.1 Å². The highest BCUT2D eigenvalue weighted by Crippen LogP contribution is 2.37. The lowest BCUT2D eigenvalue weighted by Crippen LogP contribution is -2.13. The maximum Gasteiger partial charge on any atom is 0.294 e. The van der Waals surface area contributed by atoms with E-state index in [1.165, 1.54) is 23.3 Å². The van der Waals surface area contributed by atoms with Gasteiger partial charge >= 0.3 is 0 Å². The third kappa shape index (κ3) is 7.52. The first-order valence-corrected chi connectivity index (χ1v) is 13.0. The standard InChI is InChI=1S/C21H24N2O2.C7H8O3S/c1-23(2)11-5-8-18-17-7-4-3-6-16(17)14-25-20-10-9-15(12-19(18)20)13-21(22)24;1-6-2-4-7(5-3-6)11(8,9)10/h3-4,6-10,12H,5,11,13-14H2,1-2H3,(H2,22,24);2-5H,1H3,(H,8,9,10)/b18-8-;. The van der Waals surface area contributed by atoms with Crippen molar-refractivity contribution in [2.75, 3.05) is 20.6 Å². The average Bonchev–Trinajstić information content (AvgIpc) is 2.96. The summed E-state index contributed by atoms with van der Waals surface area (Å²) < 4.78 is 35.6. The zero-order chi connectivity index (χ0) is 26.3. The quantitative estimate of drug-likeness (QED) is 0.482. The minimum absolute atomic E-state index is 0.0666. The molecule has 0 saturated carbocycles. The Hall–Kier alpha value is -3.46. The topological polar surface area (TPSA) is 110 Å². The Morgan fingerprint density at radius 1 is 1.06 bits per heavy atom. The van der Waals surface area contributed by atoms with E-state index in [-0.39, 0.29) is 17.2 Å². The molecule has 190 valence electrons. The van der Waals surface area contributed by atoms with Crippen molar-refractivity contribution in [3.05, 3.63) is 101 Å². The second-order valence-electron chi connectivity index (χ2n) is 8.92. The first-order valence-electron chi connectivity index (χ1n) is 11.6. The maximum atomic E-state index is 11.3. The molecule has 3 aromatic carbocycles. The molecule has 1 heterocycles. The fourth-order valence-electron chi connectivity index (χ4n) is 3.83. The molecule has 3 N–H and O–H groups in total. The Bertz CT molecular complexity index is 1350. The second-order valence-corrected chi connectivity index (χ2v) is 10.3. The van der Waals surface area contributed by atoms with E-state index >= 15 is 0 Å². The Morgan fingerprint density at radius 3 is 2.39 bits per heavy atom. The van der Waals surface area contributed by atoms with E-state index < -0.39 is 10.1 Å². The Morgan fingerprint density at radius 2 is 1.75 bits per heavy atom. The predicted molar refractivity (Wildman–Crippen MR) is 141 cm³/mol. The first kappa shape index (κ1) is 27.1. The monoisotopic (exact) mass is 508 g/mol. The van der Waals surface area contributed by atoms with Crippen LogP contribution in [-0.4, -0.2) is 44.4 Å².